The number of ether oxygens (including phenoxy) is 1. The molecule has 0 atom stereocenters. The lowest BCUT2D eigenvalue weighted by molar-refractivity contribution is -0.161. The van der Waals surface area contributed by atoms with Crippen LogP contribution in [-0.4, -0.2) is 23.7 Å². The third-order valence-electron chi connectivity index (χ3n) is 2.21. The lowest BCUT2D eigenvalue weighted by Gasteiger charge is -2.07. The van der Waals surface area contributed by atoms with Crippen molar-refractivity contribution in [2.75, 3.05) is 6.61 Å². The molecule has 0 amide bonds. The minimum absolute atomic E-state index is 0.141. The number of alkyl halides is 3. The Morgan fingerprint density at radius 1 is 1.22 bits per heavy atom. The highest BCUT2D eigenvalue weighted by atomic mass is 19.4. The van der Waals surface area contributed by atoms with Crippen LogP contribution in [0, 0.1) is 0 Å². The average Bonchev–Trinajstić information content (AvgIpc) is 2.34. The normalized spacial score (nSPS) is 11.5. The number of aromatic nitrogens is 1. The maximum absolute atomic E-state index is 11.9. The van der Waals surface area contributed by atoms with Crippen molar-refractivity contribution in [3.05, 3.63) is 42.2 Å². The fourth-order valence-electron chi connectivity index (χ4n) is 1.42. The number of hydrogen-bond donors (Lipinski definition) is 0. The Hall–Kier alpha value is -2.11. The molecule has 1 heterocycles. The van der Waals surface area contributed by atoms with Gasteiger partial charge in [-0.3, -0.25) is 0 Å². The minimum atomic E-state index is -4.54. The van der Waals surface area contributed by atoms with E-state index in [0.29, 0.717) is 5.39 Å². The van der Waals surface area contributed by atoms with E-state index in [1.54, 1.807) is 24.3 Å². The number of rotatable bonds is 2. The molecule has 0 bridgehead atoms. The first-order chi connectivity index (χ1) is 8.46. The van der Waals surface area contributed by atoms with Crippen LogP contribution in [0.15, 0.2) is 36.5 Å². The Bertz CT molecular complexity index is 581. The molecule has 3 nitrogen and oxygen atoms in total. The molecule has 0 saturated carbocycles. The van der Waals surface area contributed by atoms with Gasteiger partial charge in [-0.05, 0) is 11.5 Å². The number of nitrogens with zero attached hydrogens (tertiary/aromatic N) is 1. The first-order valence-electron chi connectivity index (χ1n) is 5.04. The van der Waals surface area contributed by atoms with Gasteiger partial charge in [0.05, 0.1) is 0 Å². The molecule has 2 aromatic rings. The first-order valence-corrected chi connectivity index (χ1v) is 5.04. The molecule has 2 rings (SSSR count). The third-order valence-corrected chi connectivity index (χ3v) is 2.21. The van der Waals surface area contributed by atoms with Gasteiger partial charge >= 0.3 is 12.1 Å². The van der Waals surface area contributed by atoms with Gasteiger partial charge in [-0.2, -0.15) is 13.2 Å². The number of hydrogen-bond acceptors (Lipinski definition) is 3. The summed E-state index contributed by atoms with van der Waals surface area (Å²) in [6.45, 7) is -1.61. The number of carbonyl (C=O) groups excluding carboxylic acids is 1. The number of halogens is 3. The quantitative estimate of drug-likeness (QED) is 0.774. The van der Waals surface area contributed by atoms with E-state index in [4.69, 9.17) is 0 Å². The molecule has 0 unspecified atom stereocenters. The Morgan fingerprint density at radius 2 is 1.89 bits per heavy atom. The second-order valence-electron chi connectivity index (χ2n) is 3.61. The molecule has 94 valence electrons. The Balaban J connectivity index is 2.18. The molecule has 0 spiro atoms. The molecule has 1 aromatic heterocycles. The van der Waals surface area contributed by atoms with Crippen LogP contribution in [0.3, 0.4) is 0 Å². The summed E-state index contributed by atoms with van der Waals surface area (Å²) in [5.74, 6) is -1.09. The molecule has 0 fully saturated rings. The number of pyridine rings is 1. The fourth-order valence-corrected chi connectivity index (χ4v) is 1.42. The summed E-state index contributed by atoms with van der Waals surface area (Å²) in [6, 6.07) is 8.47. The van der Waals surface area contributed by atoms with Crippen molar-refractivity contribution in [1.82, 2.24) is 4.98 Å². The van der Waals surface area contributed by atoms with Crippen molar-refractivity contribution in [3.8, 4) is 0 Å². The SMILES string of the molecule is O=C(OCC(F)(F)F)c1cc2ccccc2cn1. The summed E-state index contributed by atoms with van der Waals surface area (Å²) in [4.78, 5) is 15.1. The van der Waals surface area contributed by atoms with Crippen molar-refractivity contribution in [2.24, 2.45) is 0 Å². The van der Waals surface area contributed by atoms with Gasteiger partial charge in [-0.1, -0.05) is 24.3 Å². The Morgan fingerprint density at radius 3 is 2.56 bits per heavy atom. The highest BCUT2D eigenvalue weighted by Gasteiger charge is 2.30. The Labute approximate surface area is 100 Å². The van der Waals surface area contributed by atoms with Crippen LogP contribution in [-0.2, 0) is 4.74 Å². The van der Waals surface area contributed by atoms with Crippen molar-refractivity contribution in [1.29, 1.82) is 0 Å². The summed E-state index contributed by atoms with van der Waals surface area (Å²) in [5, 5.41) is 1.51. The fraction of sp³-hybridized carbons (Fsp3) is 0.167. The number of esters is 1. The zero-order valence-corrected chi connectivity index (χ0v) is 9.07. The van der Waals surface area contributed by atoms with E-state index in [-0.39, 0.29) is 5.69 Å². The predicted molar refractivity (Wildman–Crippen MR) is 58.1 cm³/mol. The van der Waals surface area contributed by atoms with Gasteiger partial charge < -0.3 is 4.74 Å². The largest absolute Gasteiger partial charge is 0.451 e. The molecule has 0 aliphatic rings. The van der Waals surface area contributed by atoms with Crippen LogP contribution >= 0.6 is 0 Å². The highest BCUT2D eigenvalue weighted by Crippen LogP contribution is 2.17. The first kappa shape index (κ1) is 12.3. The number of carbonyl (C=O) groups is 1. The molecule has 6 heteroatoms. The van der Waals surface area contributed by atoms with Crippen molar-refractivity contribution >= 4 is 16.7 Å². The third kappa shape index (κ3) is 2.97. The topological polar surface area (TPSA) is 39.2 Å². The van der Waals surface area contributed by atoms with Crippen LogP contribution in [0.1, 0.15) is 10.5 Å². The van der Waals surface area contributed by atoms with Crippen LogP contribution < -0.4 is 0 Å². The van der Waals surface area contributed by atoms with Gasteiger partial charge in [-0.15, -0.1) is 0 Å². The molecular formula is C12H8F3NO2. The minimum Gasteiger partial charge on any atom is -0.451 e. The molecule has 0 aliphatic carbocycles. The molecular weight excluding hydrogens is 247 g/mol. The maximum atomic E-state index is 11.9. The lowest BCUT2D eigenvalue weighted by Crippen LogP contribution is -2.20. The van der Waals surface area contributed by atoms with Gasteiger partial charge in [0.25, 0.3) is 0 Å². The molecule has 0 radical (unpaired) electrons. The van der Waals surface area contributed by atoms with Crippen molar-refractivity contribution in [2.45, 2.75) is 6.18 Å². The highest BCUT2D eigenvalue weighted by molar-refractivity contribution is 5.92. The van der Waals surface area contributed by atoms with E-state index in [9.17, 15) is 18.0 Å². The summed E-state index contributed by atoms with van der Waals surface area (Å²) < 4.78 is 39.8. The standard InChI is InChI=1S/C12H8F3NO2/c13-12(14,15)7-18-11(17)10-5-8-3-1-2-4-9(8)6-16-10/h1-6H,7H2. The van der Waals surface area contributed by atoms with E-state index in [1.807, 2.05) is 0 Å². The van der Waals surface area contributed by atoms with Gasteiger partial charge in [0.15, 0.2) is 6.61 Å². The smallest absolute Gasteiger partial charge is 0.422 e. The van der Waals surface area contributed by atoms with E-state index >= 15 is 0 Å². The summed E-state index contributed by atoms with van der Waals surface area (Å²) in [6.07, 6.45) is -3.12. The molecule has 0 N–H and O–H groups in total. The molecule has 0 aliphatic heterocycles. The van der Waals surface area contributed by atoms with Crippen LogP contribution in [0.4, 0.5) is 13.2 Å². The monoisotopic (exact) mass is 255 g/mol. The van der Waals surface area contributed by atoms with E-state index in [2.05, 4.69) is 9.72 Å². The number of fused-ring (bicyclic) bond motifs is 1. The molecule has 1 aromatic carbocycles. The second kappa shape index (κ2) is 4.64. The summed E-state index contributed by atoms with van der Waals surface area (Å²) >= 11 is 0. The molecule has 0 saturated heterocycles. The summed E-state index contributed by atoms with van der Waals surface area (Å²) in [5.41, 5.74) is -0.141. The zero-order valence-electron chi connectivity index (χ0n) is 9.07. The van der Waals surface area contributed by atoms with Crippen LogP contribution in [0.5, 0.6) is 0 Å². The lowest BCUT2D eigenvalue weighted by atomic mass is 10.1. The maximum Gasteiger partial charge on any atom is 0.422 e. The second-order valence-corrected chi connectivity index (χ2v) is 3.61. The zero-order chi connectivity index (χ0) is 13.2. The van der Waals surface area contributed by atoms with Crippen LogP contribution in [0.2, 0.25) is 0 Å². The van der Waals surface area contributed by atoms with Gasteiger partial charge in [0.2, 0.25) is 0 Å². The van der Waals surface area contributed by atoms with Gasteiger partial charge in [0.1, 0.15) is 5.69 Å². The predicted octanol–water partition coefficient (Wildman–Crippen LogP) is 2.95. The average molecular weight is 255 g/mol. The van der Waals surface area contributed by atoms with Gasteiger partial charge in [0, 0.05) is 11.6 Å². The summed E-state index contributed by atoms with van der Waals surface area (Å²) in [7, 11) is 0. The van der Waals surface area contributed by atoms with Gasteiger partial charge in [-0.25, -0.2) is 9.78 Å². The van der Waals surface area contributed by atoms with Crippen molar-refractivity contribution in [3.63, 3.8) is 0 Å². The van der Waals surface area contributed by atoms with Crippen LogP contribution in [0.25, 0.3) is 10.8 Å². The van der Waals surface area contributed by atoms with E-state index in [0.717, 1.165) is 5.39 Å². The van der Waals surface area contributed by atoms with E-state index in [1.165, 1.54) is 12.3 Å². The number of benzene rings is 1. The Kier molecular flexibility index (Phi) is 3.18. The van der Waals surface area contributed by atoms with E-state index < -0.39 is 18.8 Å². The molecule has 18 heavy (non-hydrogen) atoms. The van der Waals surface area contributed by atoms with Crippen molar-refractivity contribution < 1.29 is 22.7 Å².